The molecule has 0 aromatic carbocycles. The van der Waals surface area contributed by atoms with Gasteiger partial charge in [0.1, 0.15) is 0 Å². The molecule has 0 saturated heterocycles. The summed E-state index contributed by atoms with van der Waals surface area (Å²) >= 11 is 11.9. The lowest BCUT2D eigenvalue weighted by atomic mass is 10.3. The van der Waals surface area contributed by atoms with Crippen molar-refractivity contribution in [3.63, 3.8) is 0 Å². The Balaban J connectivity index is 2.51. The van der Waals surface area contributed by atoms with E-state index in [1.165, 1.54) is 4.68 Å². The van der Waals surface area contributed by atoms with Crippen molar-refractivity contribution < 1.29 is 13.2 Å². The molecule has 0 fully saturated rings. The van der Waals surface area contributed by atoms with E-state index in [1.54, 1.807) is 0 Å². The van der Waals surface area contributed by atoms with Crippen LogP contribution in [-0.2, 0) is 6.18 Å². The van der Waals surface area contributed by atoms with Crippen LogP contribution in [-0.4, -0.2) is 19.7 Å². The molecule has 0 N–H and O–H groups in total. The molecule has 0 amide bonds. The van der Waals surface area contributed by atoms with Crippen molar-refractivity contribution >= 4 is 43.5 Å². The van der Waals surface area contributed by atoms with E-state index in [0.29, 0.717) is 6.20 Å². The Morgan fingerprint density at radius 2 is 1.94 bits per heavy atom. The molecule has 2 aromatic rings. The van der Waals surface area contributed by atoms with Gasteiger partial charge in [0.15, 0.2) is 5.82 Å². The lowest BCUT2D eigenvalue weighted by Crippen LogP contribution is -2.08. The number of pyridine rings is 1. The standard InChI is InChI=1S/C8H2Br2ClF3N4/c9-6-16-7(10)18(17-6)5-4(11)1-3(2-15-5)8(12,13)14/h1-2H. The highest BCUT2D eigenvalue weighted by atomic mass is 79.9. The predicted octanol–water partition coefficient (Wildman–Crippen LogP) is 3.86. The summed E-state index contributed by atoms with van der Waals surface area (Å²) in [6.07, 6.45) is -3.81. The molecule has 96 valence electrons. The zero-order chi connectivity index (χ0) is 13.5. The zero-order valence-corrected chi connectivity index (χ0v) is 12.1. The number of halogens is 6. The average molecular weight is 406 g/mol. The number of aromatic nitrogens is 4. The molecule has 2 rings (SSSR count). The molecule has 2 aromatic heterocycles. The summed E-state index contributed by atoms with van der Waals surface area (Å²) in [6, 6.07) is 0.784. The van der Waals surface area contributed by atoms with E-state index in [4.69, 9.17) is 11.6 Å². The lowest BCUT2D eigenvalue weighted by molar-refractivity contribution is -0.137. The summed E-state index contributed by atoms with van der Waals surface area (Å²) in [6.45, 7) is 0. The molecule has 10 heteroatoms. The van der Waals surface area contributed by atoms with Crippen molar-refractivity contribution in [1.82, 2.24) is 19.7 Å². The molecule has 18 heavy (non-hydrogen) atoms. The summed E-state index contributed by atoms with van der Waals surface area (Å²) in [5.41, 5.74) is -0.924. The maximum absolute atomic E-state index is 12.4. The maximum Gasteiger partial charge on any atom is 0.417 e. The molecule has 2 heterocycles. The van der Waals surface area contributed by atoms with Crippen LogP contribution >= 0.6 is 43.5 Å². The van der Waals surface area contributed by atoms with Gasteiger partial charge in [-0.15, -0.1) is 5.10 Å². The quantitative estimate of drug-likeness (QED) is 0.723. The van der Waals surface area contributed by atoms with Gasteiger partial charge in [0.2, 0.25) is 9.47 Å². The van der Waals surface area contributed by atoms with Crippen molar-refractivity contribution in [2.45, 2.75) is 6.18 Å². The van der Waals surface area contributed by atoms with E-state index >= 15 is 0 Å². The van der Waals surface area contributed by atoms with E-state index < -0.39 is 11.7 Å². The van der Waals surface area contributed by atoms with Gasteiger partial charge >= 0.3 is 6.18 Å². The number of nitrogens with zero attached hydrogens (tertiary/aromatic N) is 4. The fraction of sp³-hybridized carbons (Fsp3) is 0.125. The number of rotatable bonds is 1. The largest absolute Gasteiger partial charge is 0.417 e. The molecule has 0 atom stereocenters. The Kier molecular flexibility index (Phi) is 3.65. The Morgan fingerprint density at radius 1 is 1.28 bits per heavy atom. The summed E-state index contributed by atoms with van der Waals surface area (Å²) in [5, 5.41) is 3.70. The lowest BCUT2D eigenvalue weighted by Gasteiger charge is -2.08. The third-order valence-electron chi connectivity index (χ3n) is 1.89. The third kappa shape index (κ3) is 2.67. The first-order valence-electron chi connectivity index (χ1n) is 4.30. The molecule has 0 bridgehead atoms. The van der Waals surface area contributed by atoms with E-state index in [1.807, 2.05) is 0 Å². The van der Waals surface area contributed by atoms with Crippen LogP contribution in [0.3, 0.4) is 0 Å². The fourth-order valence-electron chi connectivity index (χ4n) is 1.15. The van der Waals surface area contributed by atoms with Gasteiger partial charge in [0.05, 0.1) is 10.6 Å². The minimum atomic E-state index is -4.49. The van der Waals surface area contributed by atoms with Crippen molar-refractivity contribution in [2.24, 2.45) is 0 Å². The summed E-state index contributed by atoms with van der Waals surface area (Å²) < 4.78 is 39.0. The monoisotopic (exact) mass is 404 g/mol. The van der Waals surface area contributed by atoms with Gasteiger partial charge in [-0.05, 0) is 37.9 Å². The second kappa shape index (κ2) is 4.78. The van der Waals surface area contributed by atoms with E-state index in [0.717, 1.165) is 6.07 Å². The van der Waals surface area contributed by atoms with Crippen molar-refractivity contribution in [2.75, 3.05) is 0 Å². The number of alkyl halides is 3. The highest BCUT2D eigenvalue weighted by molar-refractivity contribution is 9.11. The smallest absolute Gasteiger partial charge is 0.235 e. The second-order valence-electron chi connectivity index (χ2n) is 3.09. The molecule has 0 aliphatic heterocycles. The SMILES string of the molecule is FC(F)(F)c1cnc(-n2nc(Br)nc2Br)c(Cl)c1. The molecule has 0 aliphatic rings. The van der Waals surface area contributed by atoms with Crippen LogP contribution in [0.5, 0.6) is 0 Å². The first-order chi connectivity index (χ1) is 8.29. The van der Waals surface area contributed by atoms with Gasteiger partial charge in [-0.2, -0.15) is 22.8 Å². The Bertz CT molecular complexity index is 599. The average Bonchev–Trinajstić information content (AvgIpc) is 2.56. The minimum Gasteiger partial charge on any atom is -0.235 e. The fourth-order valence-corrected chi connectivity index (χ4v) is 2.37. The number of hydrogen-bond acceptors (Lipinski definition) is 3. The van der Waals surface area contributed by atoms with Crippen molar-refractivity contribution in [3.8, 4) is 5.82 Å². The van der Waals surface area contributed by atoms with Gasteiger partial charge < -0.3 is 0 Å². The van der Waals surface area contributed by atoms with Crippen LogP contribution in [0.2, 0.25) is 5.02 Å². The summed E-state index contributed by atoms with van der Waals surface area (Å²) in [7, 11) is 0. The van der Waals surface area contributed by atoms with Crippen LogP contribution in [0, 0.1) is 0 Å². The normalized spacial score (nSPS) is 11.9. The molecule has 4 nitrogen and oxygen atoms in total. The van der Waals surface area contributed by atoms with Gasteiger partial charge in [-0.1, -0.05) is 11.6 Å². The third-order valence-corrected chi connectivity index (χ3v) is 3.02. The van der Waals surface area contributed by atoms with Crippen LogP contribution in [0.1, 0.15) is 5.56 Å². The Labute approximate surface area is 120 Å². The molecule has 0 unspecified atom stereocenters. The predicted molar refractivity (Wildman–Crippen MR) is 64.6 cm³/mol. The maximum atomic E-state index is 12.4. The van der Waals surface area contributed by atoms with Gasteiger partial charge in [-0.25, -0.2) is 4.98 Å². The Hall–Kier alpha value is -0.670. The molecule has 0 aliphatic carbocycles. The molecule has 0 saturated carbocycles. The van der Waals surface area contributed by atoms with Gasteiger partial charge in [0, 0.05) is 6.20 Å². The molecular weight excluding hydrogens is 404 g/mol. The topological polar surface area (TPSA) is 43.6 Å². The first kappa shape index (κ1) is 13.8. The molecule has 0 radical (unpaired) electrons. The van der Waals surface area contributed by atoms with Crippen LogP contribution < -0.4 is 0 Å². The van der Waals surface area contributed by atoms with Gasteiger partial charge in [0.25, 0.3) is 0 Å². The van der Waals surface area contributed by atoms with Crippen LogP contribution in [0.25, 0.3) is 5.82 Å². The summed E-state index contributed by atoms with van der Waals surface area (Å²) in [5.74, 6) is 0.0507. The molecular formula is C8H2Br2ClF3N4. The van der Waals surface area contributed by atoms with Crippen molar-refractivity contribution in [3.05, 3.63) is 32.3 Å². The van der Waals surface area contributed by atoms with Gasteiger partial charge in [-0.3, -0.25) is 0 Å². The highest BCUT2D eigenvalue weighted by Gasteiger charge is 2.32. The van der Waals surface area contributed by atoms with E-state index in [2.05, 4.69) is 46.9 Å². The minimum absolute atomic E-state index is 0.0507. The van der Waals surface area contributed by atoms with Crippen LogP contribution in [0.15, 0.2) is 21.7 Å². The van der Waals surface area contributed by atoms with E-state index in [-0.39, 0.29) is 20.3 Å². The highest BCUT2D eigenvalue weighted by Crippen LogP contribution is 2.32. The molecule has 0 spiro atoms. The summed E-state index contributed by atoms with van der Waals surface area (Å²) in [4.78, 5) is 7.51. The zero-order valence-electron chi connectivity index (χ0n) is 8.21. The number of hydrogen-bond donors (Lipinski definition) is 0. The Morgan fingerprint density at radius 3 is 2.39 bits per heavy atom. The second-order valence-corrected chi connectivity index (χ2v) is 4.91. The van der Waals surface area contributed by atoms with Crippen molar-refractivity contribution in [1.29, 1.82) is 0 Å². The first-order valence-corrected chi connectivity index (χ1v) is 6.26. The van der Waals surface area contributed by atoms with E-state index in [9.17, 15) is 13.2 Å². The van der Waals surface area contributed by atoms with Crippen LogP contribution in [0.4, 0.5) is 13.2 Å².